The minimum atomic E-state index is -1.59. The fourth-order valence-electron chi connectivity index (χ4n) is 2.98. The van der Waals surface area contributed by atoms with Crippen molar-refractivity contribution in [2.75, 3.05) is 13.9 Å². The average Bonchev–Trinajstić information content (AvgIpc) is 2.94. The second-order valence-corrected chi connectivity index (χ2v) is 6.21. The monoisotopic (exact) mass is 397 g/mol. The van der Waals surface area contributed by atoms with E-state index in [0.717, 1.165) is 17.0 Å². The zero-order chi connectivity index (χ0) is 19.7. The number of rotatable bonds is 6. The summed E-state index contributed by atoms with van der Waals surface area (Å²) in [6.45, 7) is -0.372. The highest BCUT2D eigenvalue weighted by Crippen LogP contribution is 2.38. The number of halogens is 3. The van der Waals surface area contributed by atoms with Gasteiger partial charge in [0.25, 0.3) is 5.91 Å². The van der Waals surface area contributed by atoms with Gasteiger partial charge in [0.1, 0.15) is 11.6 Å². The molecule has 1 unspecified atom stereocenters. The highest BCUT2D eigenvalue weighted by Gasteiger charge is 2.41. The van der Waals surface area contributed by atoms with Crippen molar-refractivity contribution in [2.45, 2.75) is 12.6 Å². The number of carbonyl (C=O) groups excluding carboxylic acids is 1. The maximum atomic E-state index is 14.3. The highest BCUT2D eigenvalue weighted by molar-refractivity contribution is 6.31. The molecule has 1 atom stereocenters. The summed E-state index contributed by atoms with van der Waals surface area (Å²) in [6, 6.07) is 4.44. The third-order valence-electron chi connectivity index (χ3n) is 4.14. The zero-order valence-corrected chi connectivity index (χ0v) is 14.8. The third-order valence-corrected chi connectivity index (χ3v) is 4.43. The molecule has 0 spiro atoms. The van der Waals surface area contributed by atoms with E-state index in [9.17, 15) is 23.5 Å². The number of amides is 1. The van der Waals surface area contributed by atoms with E-state index in [-0.39, 0.29) is 35.2 Å². The first-order valence-electron chi connectivity index (χ1n) is 7.77. The van der Waals surface area contributed by atoms with Gasteiger partial charge in [-0.3, -0.25) is 4.79 Å². The predicted molar refractivity (Wildman–Crippen MR) is 90.6 cm³/mol. The van der Waals surface area contributed by atoms with Crippen molar-refractivity contribution in [3.63, 3.8) is 0 Å². The minimum absolute atomic E-state index is 0.0351. The number of fused-ring (bicyclic) bond motifs is 1. The Morgan fingerprint density at radius 3 is 2.74 bits per heavy atom. The molecule has 0 aliphatic carbocycles. The molecular weight excluding hydrogens is 384 g/mol. The molecule has 0 bridgehead atoms. The molecule has 0 radical (unpaired) electrons. The molecule has 0 saturated heterocycles. The topological polar surface area (TPSA) is 76.1 Å². The fraction of sp³-hybridized carbons (Fsp3) is 0.222. The molecule has 3 rings (SSSR count). The van der Waals surface area contributed by atoms with Crippen LogP contribution in [0.5, 0.6) is 5.75 Å². The molecule has 1 heterocycles. The summed E-state index contributed by atoms with van der Waals surface area (Å²) in [6.07, 6.45) is 0. The van der Waals surface area contributed by atoms with Gasteiger partial charge in [-0.1, -0.05) is 17.7 Å². The van der Waals surface area contributed by atoms with Crippen molar-refractivity contribution in [1.29, 1.82) is 0 Å². The number of hydrogen-bond donors (Lipinski definition) is 1. The lowest BCUT2D eigenvalue weighted by atomic mass is 10.0. The van der Waals surface area contributed by atoms with Crippen LogP contribution < -0.4 is 4.74 Å². The second-order valence-electron chi connectivity index (χ2n) is 5.80. The Labute approximate surface area is 157 Å². The van der Waals surface area contributed by atoms with Gasteiger partial charge in [0.2, 0.25) is 0 Å². The number of methoxy groups -OCH3 is 1. The highest BCUT2D eigenvalue weighted by atomic mass is 35.5. The van der Waals surface area contributed by atoms with Crippen molar-refractivity contribution in [3.8, 4) is 5.75 Å². The van der Waals surface area contributed by atoms with Crippen LogP contribution in [-0.4, -0.2) is 35.8 Å². The molecular formula is C18H14ClF2NO5. The van der Waals surface area contributed by atoms with Gasteiger partial charge in [-0.2, -0.15) is 0 Å². The molecule has 9 heteroatoms. The Morgan fingerprint density at radius 2 is 2.07 bits per heavy atom. The Balaban J connectivity index is 2.06. The molecule has 1 N–H and O–H groups in total. The number of ether oxygens (including phenoxy) is 2. The first kappa shape index (κ1) is 19.1. The third kappa shape index (κ3) is 3.45. The van der Waals surface area contributed by atoms with E-state index in [1.807, 2.05) is 0 Å². The number of aliphatic carboxylic acids is 1. The van der Waals surface area contributed by atoms with E-state index in [4.69, 9.17) is 21.1 Å². The zero-order valence-electron chi connectivity index (χ0n) is 14.0. The number of hydrogen-bond acceptors (Lipinski definition) is 4. The molecule has 0 saturated carbocycles. The summed E-state index contributed by atoms with van der Waals surface area (Å²) in [5.74, 6) is -3.86. The number of nitrogens with zero attached hydrogens (tertiary/aromatic N) is 1. The Hall–Kier alpha value is -2.71. The van der Waals surface area contributed by atoms with Crippen LogP contribution in [0, 0.1) is 11.6 Å². The molecule has 1 aliphatic heterocycles. The van der Waals surface area contributed by atoms with Crippen LogP contribution in [0.3, 0.4) is 0 Å². The van der Waals surface area contributed by atoms with E-state index in [2.05, 4.69) is 0 Å². The number of carbonyl (C=O) groups is 2. The van der Waals surface area contributed by atoms with Gasteiger partial charge in [-0.25, -0.2) is 13.6 Å². The van der Waals surface area contributed by atoms with Gasteiger partial charge in [0.05, 0.1) is 10.6 Å². The Bertz CT molecular complexity index is 921. The summed E-state index contributed by atoms with van der Waals surface area (Å²) >= 11 is 5.72. The van der Waals surface area contributed by atoms with E-state index >= 15 is 0 Å². The SMILES string of the molecule is COCOc1ccc(F)cc1C(C(=O)O)N1Cc2ccc(Cl)c(F)c2C1=O. The maximum Gasteiger partial charge on any atom is 0.331 e. The summed E-state index contributed by atoms with van der Waals surface area (Å²) in [4.78, 5) is 25.6. The Kier molecular flexibility index (Phi) is 5.29. The molecule has 0 fully saturated rings. The standard InChI is InChI=1S/C18H14ClF2NO5/c1-26-8-27-13-5-3-10(20)6-11(13)16(18(24)25)22-7-9-2-4-12(19)15(21)14(9)17(22)23/h2-6,16H,7-8H2,1H3,(H,24,25). The lowest BCUT2D eigenvalue weighted by Crippen LogP contribution is -2.35. The van der Waals surface area contributed by atoms with Crippen molar-refractivity contribution < 1.29 is 33.0 Å². The second kappa shape index (κ2) is 7.50. The largest absolute Gasteiger partial charge is 0.479 e. The molecule has 27 heavy (non-hydrogen) atoms. The van der Waals surface area contributed by atoms with Crippen LogP contribution in [0.25, 0.3) is 0 Å². The van der Waals surface area contributed by atoms with Crippen molar-refractivity contribution in [2.24, 2.45) is 0 Å². The molecule has 2 aromatic rings. The van der Waals surface area contributed by atoms with Crippen molar-refractivity contribution in [1.82, 2.24) is 4.90 Å². The quantitative estimate of drug-likeness (QED) is 0.756. The summed E-state index contributed by atoms with van der Waals surface area (Å²) in [5.41, 5.74) is -0.0827. The van der Waals surface area contributed by atoms with Gasteiger partial charge in [0, 0.05) is 19.2 Å². The number of carboxylic acid groups (broad SMARTS) is 1. The molecule has 0 aromatic heterocycles. The predicted octanol–water partition coefficient (Wildman–Crippen LogP) is 3.38. The molecule has 6 nitrogen and oxygen atoms in total. The van der Waals surface area contributed by atoms with E-state index in [1.54, 1.807) is 0 Å². The van der Waals surface area contributed by atoms with Gasteiger partial charge in [-0.05, 0) is 29.8 Å². The first-order valence-corrected chi connectivity index (χ1v) is 8.14. The van der Waals surface area contributed by atoms with Crippen molar-refractivity contribution >= 4 is 23.5 Å². The minimum Gasteiger partial charge on any atom is -0.479 e. The number of carboxylic acids is 1. The normalized spacial score (nSPS) is 14.2. The smallest absolute Gasteiger partial charge is 0.331 e. The van der Waals surface area contributed by atoms with Gasteiger partial charge in [0.15, 0.2) is 18.7 Å². The van der Waals surface area contributed by atoms with Crippen LogP contribution in [0.15, 0.2) is 30.3 Å². The lowest BCUT2D eigenvalue weighted by Gasteiger charge is -2.26. The van der Waals surface area contributed by atoms with E-state index in [0.29, 0.717) is 5.56 Å². The van der Waals surface area contributed by atoms with Crippen LogP contribution in [0.4, 0.5) is 8.78 Å². The molecule has 1 amide bonds. The summed E-state index contributed by atoms with van der Waals surface area (Å²) < 4.78 is 38.2. The Morgan fingerprint density at radius 1 is 1.33 bits per heavy atom. The van der Waals surface area contributed by atoms with Gasteiger partial charge in [-0.15, -0.1) is 0 Å². The molecule has 1 aliphatic rings. The number of benzene rings is 2. The van der Waals surface area contributed by atoms with Crippen LogP contribution in [0.2, 0.25) is 5.02 Å². The van der Waals surface area contributed by atoms with Crippen LogP contribution in [-0.2, 0) is 16.1 Å². The van der Waals surface area contributed by atoms with Crippen LogP contribution in [0.1, 0.15) is 27.5 Å². The maximum absolute atomic E-state index is 14.3. The summed E-state index contributed by atoms with van der Waals surface area (Å²) in [5, 5.41) is 9.48. The van der Waals surface area contributed by atoms with Crippen LogP contribution >= 0.6 is 11.6 Å². The average molecular weight is 398 g/mol. The van der Waals surface area contributed by atoms with Gasteiger partial charge >= 0.3 is 5.97 Å². The first-order chi connectivity index (χ1) is 12.8. The molecule has 2 aromatic carbocycles. The van der Waals surface area contributed by atoms with Gasteiger partial charge < -0.3 is 19.5 Å². The van der Waals surface area contributed by atoms with E-state index in [1.165, 1.54) is 25.3 Å². The fourth-order valence-corrected chi connectivity index (χ4v) is 3.14. The lowest BCUT2D eigenvalue weighted by molar-refractivity contribution is -0.142. The van der Waals surface area contributed by atoms with E-state index < -0.39 is 29.6 Å². The molecule has 142 valence electrons. The summed E-state index contributed by atoms with van der Waals surface area (Å²) in [7, 11) is 1.37. The van der Waals surface area contributed by atoms with Crippen molar-refractivity contribution in [3.05, 3.63) is 63.7 Å².